The Morgan fingerprint density at radius 3 is 2.42 bits per heavy atom. The molecule has 8 heteroatoms. The second-order valence-corrected chi connectivity index (χ2v) is 5.41. The molecule has 0 radical (unpaired) electrons. The Hall–Kier alpha value is -3.52. The van der Waals surface area contributed by atoms with Gasteiger partial charge in [-0.25, -0.2) is 4.98 Å². The van der Waals surface area contributed by atoms with Gasteiger partial charge in [-0.1, -0.05) is 30.3 Å². The van der Waals surface area contributed by atoms with Crippen molar-refractivity contribution < 1.29 is 10.0 Å². The quantitative estimate of drug-likeness (QED) is 0.442. The predicted octanol–water partition coefficient (Wildman–Crippen LogP) is 3.20. The Kier molecular flexibility index (Phi) is 5.35. The number of aliphatic hydroxyl groups excluding tert-OH is 1. The molecule has 132 valence electrons. The van der Waals surface area contributed by atoms with E-state index in [1.165, 1.54) is 12.1 Å². The van der Waals surface area contributed by atoms with Gasteiger partial charge in [0.25, 0.3) is 5.69 Å². The third-order valence-corrected chi connectivity index (χ3v) is 3.54. The van der Waals surface area contributed by atoms with E-state index in [-0.39, 0.29) is 12.3 Å². The number of nitro benzene ring substituents is 1. The van der Waals surface area contributed by atoms with Crippen molar-refractivity contribution in [2.24, 2.45) is 0 Å². The standard InChI is InChI=1S/C18H17N5O3/c24-11-10-19-18-21-16(13-4-2-1-3-5-13)12-17(22-18)20-14-6-8-15(9-7-14)23(25)26/h1-9,12,24H,10-11H2,(H2,19,20,21,22). The first-order valence-electron chi connectivity index (χ1n) is 7.96. The molecule has 0 saturated carbocycles. The van der Waals surface area contributed by atoms with Gasteiger partial charge in [0.05, 0.1) is 17.2 Å². The van der Waals surface area contributed by atoms with E-state index in [0.717, 1.165) is 5.56 Å². The van der Waals surface area contributed by atoms with E-state index in [2.05, 4.69) is 20.6 Å². The van der Waals surface area contributed by atoms with Crippen molar-refractivity contribution in [2.75, 3.05) is 23.8 Å². The summed E-state index contributed by atoms with van der Waals surface area (Å²) in [6.07, 6.45) is 0. The normalized spacial score (nSPS) is 10.3. The zero-order valence-corrected chi connectivity index (χ0v) is 13.8. The SMILES string of the molecule is O=[N+]([O-])c1ccc(Nc2cc(-c3ccccc3)nc(NCCO)n2)cc1. The van der Waals surface area contributed by atoms with Gasteiger partial charge in [0, 0.05) is 36.0 Å². The highest BCUT2D eigenvalue weighted by molar-refractivity contribution is 5.67. The largest absolute Gasteiger partial charge is 0.395 e. The van der Waals surface area contributed by atoms with E-state index in [9.17, 15) is 10.1 Å². The molecule has 0 amide bonds. The molecular weight excluding hydrogens is 334 g/mol. The van der Waals surface area contributed by atoms with Crippen LogP contribution in [0.2, 0.25) is 0 Å². The number of hydrogen-bond acceptors (Lipinski definition) is 7. The van der Waals surface area contributed by atoms with Crippen molar-refractivity contribution in [3.63, 3.8) is 0 Å². The number of benzene rings is 2. The van der Waals surface area contributed by atoms with E-state index < -0.39 is 4.92 Å². The van der Waals surface area contributed by atoms with Gasteiger partial charge >= 0.3 is 0 Å². The van der Waals surface area contributed by atoms with Crippen LogP contribution in [-0.2, 0) is 0 Å². The number of hydrogen-bond donors (Lipinski definition) is 3. The highest BCUT2D eigenvalue weighted by atomic mass is 16.6. The molecular formula is C18H17N5O3. The van der Waals surface area contributed by atoms with Crippen LogP contribution in [0.5, 0.6) is 0 Å². The van der Waals surface area contributed by atoms with E-state index in [0.29, 0.717) is 29.7 Å². The molecule has 1 heterocycles. The van der Waals surface area contributed by atoms with Crippen LogP contribution in [0.3, 0.4) is 0 Å². The fourth-order valence-electron chi connectivity index (χ4n) is 2.33. The number of non-ortho nitro benzene ring substituents is 1. The van der Waals surface area contributed by atoms with Crippen LogP contribution in [0.15, 0.2) is 60.7 Å². The minimum atomic E-state index is -0.446. The molecule has 0 spiro atoms. The lowest BCUT2D eigenvalue weighted by Gasteiger charge is -2.11. The molecule has 0 bridgehead atoms. The number of aliphatic hydroxyl groups is 1. The third kappa shape index (κ3) is 4.31. The first-order chi connectivity index (χ1) is 12.7. The molecule has 0 unspecified atom stereocenters. The van der Waals surface area contributed by atoms with E-state index in [1.807, 2.05) is 30.3 Å². The van der Waals surface area contributed by atoms with Crippen LogP contribution in [0, 0.1) is 10.1 Å². The Bertz CT molecular complexity index is 885. The number of rotatable bonds is 7. The summed E-state index contributed by atoms with van der Waals surface area (Å²) in [4.78, 5) is 19.1. The van der Waals surface area contributed by atoms with E-state index in [4.69, 9.17) is 5.11 Å². The van der Waals surface area contributed by atoms with Gasteiger partial charge in [-0.3, -0.25) is 10.1 Å². The lowest BCUT2D eigenvalue weighted by atomic mass is 10.1. The summed E-state index contributed by atoms with van der Waals surface area (Å²) >= 11 is 0. The molecule has 26 heavy (non-hydrogen) atoms. The van der Waals surface area contributed by atoms with Crippen molar-refractivity contribution in [3.05, 3.63) is 70.8 Å². The zero-order chi connectivity index (χ0) is 18.4. The smallest absolute Gasteiger partial charge is 0.269 e. The molecule has 3 N–H and O–H groups in total. The van der Waals surface area contributed by atoms with E-state index in [1.54, 1.807) is 18.2 Å². The van der Waals surface area contributed by atoms with Crippen LogP contribution >= 0.6 is 0 Å². The highest BCUT2D eigenvalue weighted by Gasteiger charge is 2.08. The molecule has 0 aliphatic heterocycles. The first kappa shape index (κ1) is 17.3. The number of aromatic nitrogens is 2. The minimum Gasteiger partial charge on any atom is -0.395 e. The van der Waals surface area contributed by atoms with E-state index >= 15 is 0 Å². The van der Waals surface area contributed by atoms with Gasteiger partial charge in [0.1, 0.15) is 5.82 Å². The van der Waals surface area contributed by atoms with Gasteiger partial charge < -0.3 is 15.7 Å². The average Bonchev–Trinajstić information content (AvgIpc) is 2.67. The van der Waals surface area contributed by atoms with Crippen molar-refractivity contribution in [3.8, 4) is 11.3 Å². The van der Waals surface area contributed by atoms with Crippen LogP contribution in [0.25, 0.3) is 11.3 Å². The summed E-state index contributed by atoms with van der Waals surface area (Å²) < 4.78 is 0. The summed E-state index contributed by atoms with van der Waals surface area (Å²) in [6.45, 7) is 0.291. The Morgan fingerprint density at radius 1 is 1.04 bits per heavy atom. The topological polar surface area (TPSA) is 113 Å². The van der Waals surface area contributed by atoms with Crippen LogP contribution < -0.4 is 10.6 Å². The van der Waals surface area contributed by atoms with Crippen molar-refractivity contribution in [2.45, 2.75) is 0 Å². The Labute approximate surface area is 149 Å². The van der Waals surface area contributed by atoms with Crippen molar-refractivity contribution in [1.82, 2.24) is 9.97 Å². The van der Waals surface area contributed by atoms with Gasteiger partial charge in [-0.05, 0) is 12.1 Å². The molecule has 0 fully saturated rings. The molecule has 0 aliphatic carbocycles. The summed E-state index contributed by atoms with van der Waals surface area (Å²) in [5, 5.41) is 25.8. The molecule has 0 saturated heterocycles. The maximum atomic E-state index is 10.8. The monoisotopic (exact) mass is 351 g/mol. The summed E-state index contributed by atoms with van der Waals surface area (Å²) in [5.41, 5.74) is 2.33. The number of nitro groups is 1. The molecule has 8 nitrogen and oxygen atoms in total. The molecule has 3 rings (SSSR count). The third-order valence-electron chi connectivity index (χ3n) is 3.54. The number of nitrogens with zero attached hydrogens (tertiary/aromatic N) is 3. The maximum Gasteiger partial charge on any atom is 0.269 e. The molecule has 1 aromatic heterocycles. The van der Waals surface area contributed by atoms with Crippen LogP contribution in [-0.4, -0.2) is 33.1 Å². The molecule has 2 aromatic carbocycles. The number of nitrogens with one attached hydrogen (secondary N) is 2. The maximum absolute atomic E-state index is 10.8. The summed E-state index contributed by atoms with van der Waals surface area (Å²) in [6, 6.07) is 17.5. The van der Waals surface area contributed by atoms with Gasteiger partial charge in [-0.2, -0.15) is 4.98 Å². The van der Waals surface area contributed by atoms with Crippen molar-refractivity contribution in [1.29, 1.82) is 0 Å². The lowest BCUT2D eigenvalue weighted by molar-refractivity contribution is -0.384. The fourth-order valence-corrected chi connectivity index (χ4v) is 2.33. The second-order valence-electron chi connectivity index (χ2n) is 5.41. The lowest BCUT2D eigenvalue weighted by Crippen LogP contribution is -2.10. The van der Waals surface area contributed by atoms with Gasteiger partial charge in [0.15, 0.2) is 0 Å². The zero-order valence-electron chi connectivity index (χ0n) is 13.8. The van der Waals surface area contributed by atoms with Gasteiger partial charge in [0.2, 0.25) is 5.95 Å². The van der Waals surface area contributed by atoms with Crippen LogP contribution in [0.1, 0.15) is 0 Å². The Morgan fingerprint density at radius 2 is 1.77 bits per heavy atom. The van der Waals surface area contributed by atoms with Crippen molar-refractivity contribution >= 4 is 23.1 Å². The fraction of sp³-hybridized carbons (Fsp3) is 0.111. The molecule has 0 atom stereocenters. The summed E-state index contributed by atoms with van der Waals surface area (Å²) in [7, 11) is 0. The Balaban J connectivity index is 1.90. The molecule has 3 aromatic rings. The minimum absolute atomic E-state index is 0.0218. The number of anilines is 3. The second kappa shape index (κ2) is 8.04. The molecule has 0 aliphatic rings. The van der Waals surface area contributed by atoms with Gasteiger partial charge in [-0.15, -0.1) is 0 Å². The predicted molar refractivity (Wildman–Crippen MR) is 99.4 cm³/mol. The average molecular weight is 351 g/mol. The highest BCUT2D eigenvalue weighted by Crippen LogP contribution is 2.24. The van der Waals surface area contributed by atoms with Crippen LogP contribution in [0.4, 0.5) is 23.1 Å². The first-order valence-corrected chi connectivity index (χ1v) is 7.96. The summed E-state index contributed by atoms with van der Waals surface area (Å²) in [5.74, 6) is 0.915.